The Kier molecular flexibility index (Phi) is 6.93. The van der Waals surface area contributed by atoms with Gasteiger partial charge in [-0.15, -0.1) is 0 Å². The first-order valence-corrected chi connectivity index (χ1v) is 13.4. The molecule has 202 valence electrons. The molecule has 1 saturated heterocycles. The minimum Gasteiger partial charge on any atom is -0.473 e. The molecule has 4 heterocycles. The van der Waals surface area contributed by atoms with E-state index in [4.69, 9.17) is 19.1 Å². The third kappa shape index (κ3) is 5.01. The number of piperidine rings is 1. The van der Waals surface area contributed by atoms with Crippen molar-refractivity contribution in [1.29, 1.82) is 5.26 Å². The molecule has 1 amide bonds. The molecule has 9 heteroatoms. The van der Waals surface area contributed by atoms with E-state index in [1.54, 1.807) is 0 Å². The first-order valence-electron chi connectivity index (χ1n) is 13.4. The zero-order valence-corrected chi connectivity index (χ0v) is 22.6. The molecule has 40 heavy (non-hydrogen) atoms. The number of nitriles is 1. The SMILES string of the molecule is Cc1cc2c(C#N)ccc(COc3cccc(C4CCN(Cc5nc6cc(NC=O)ccc6n5C)CC4)n3)c2o1. The number of pyridine rings is 1. The van der Waals surface area contributed by atoms with Crippen LogP contribution in [-0.4, -0.2) is 38.9 Å². The molecule has 0 bridgehead atoms. The van der Waals surface area contributed by atoms with Crippen LogP contribution in [0.3, 0.4) is 0 Å². The van der Waals surface area contributed by atoms with Gasteiger partial charge in [-0.2, -0.15) is 5.26 Å². The molecule has 6 rings (SSSR count). The number of benzene rings is 2. The molecule has 1 aliphatic rings. The van der Waals surface area contributed by atoms with E-state index >= 15 is 0 Å². The first kappa shape index (κ1) is 25.6. The lowest BCUT2D eigenvalue weighted by atomic mass is 9.93. The van der Waals surface area contributed by atoms with Crippen molar-refractivity contribution in [3.8, 4) is 11.9 Å². The number of carbonyl (C=O) groups excluding carboxylic acids is 1. The lowest BCUT2D eigenvalue weighted by Crippen LogP contribution is -2.33. The minimum atomic E-state index is 0.314. The van der Waals surface area contributed by atoms with E-state index in [9.17, 15) is 10.1 Å². The summed E-state index contributed by atoms with van der Waals surface area (Å²) in [4.78, 5) is 22.9. The zero-order chi connectivity index (χ0) is 27.6. The highest BCUT2D eigenvalue weighted by atomic mass is 16.5. The van der Waals surface area contributed by atoms with Crippen molar-refractivity contribution < 1.29 is 13.9 Å². The minimum absolute atomic E-state index is 0.314. The van der Waals surface area contributed by atoms with Crippen LogP contribution in [0.25, 0.3) is 22.0 Å². The fraction of sp³-hybridized carbons (Fsp3) is 0.290. The van der Waals surface area contributed by atoms with Crippen LogP contribution >= 0.6 is 0 Å². The van der Waals surface area contributed by atoms with E-state index in [0.717, 1.165) is 77.4 Å². The van der Waals surface area contributed by atoms with Crippen molar-refractivity contribution in [2.24, 2.45) is 7.05 Å². The lowest BCUT2D eigenvalue weighted by Gasteiger charge is -2.31. The van der Waals surface area contributed by atoms with Gasteiger partial charge in [0.15, 0.2) is 0 Å². The first-order chi connectivity index (χ1) is 19.5. The Balaban J connectivity index is 1.09. The normalized spacial score (nSPS) is 14.4. The van der Waals surface area contributed by atoms with Gasteiger partial charge in [-0.3, -0.25) is 9.69 Å². The van der Waals surface area contributed by atoms with Crippen LogP contribution in [0.1, 0.15) is 47.2 Å². The van der Waals surface area contributed by atoms with Crippen LogP contribution in [0.5, 0.6) is 5.88 Å². The average molecular weight is 535 g/mol. The third-order valence-corrected chi connectivity index (χ3v) is 7.70. The number of fused-ring (bicyclic) bond motifs is 2. The molecule has 1 fully saturated rings. The highest BCUT2D eigenvalue weighted by Gasteiger charge is 2.23. The van der Waals surface area contributed by atoms with E-state index < -0.39 is 0 Å². The third-order valence-electron chi connectivity index (χ3n) is 7.70. The number of aromatic nitrogens is 3. The Labute approximate surface area is 232 Å². The number of anilines is 1. The summed E-state index contributed by atoms with van der Waals surface area (Å²) in [5.41, 5.74) is 5.90. The number of furan rings is 1. The maximum Gasteiger partial charge on any atom is 0.213 e. The largest absolute Gasteiger partial charge is 0.473 e. The number of rotatable bonds is 8. The predicted molar refractivity (Wildman–Crippen MR) is 152 cm³/mol. The Morgan fingerprint density at radius 2 is 2.00 bits per heavy atom. The molecule has 3 aromatic heterocycles. The molecular weight excluding hydrogens is 504 g/mol. The van der Waals surface area contributed by atoms with E-state index in [1.807, 2.05) is 62.5 Å². The molecule has 2 aromatic carbocycles. The number of amides is 1. The second kappa shape index (κ2) is 10.8. The summed E-state index contributed by atoms with van der Waals surface area (Å²) in [7, 11) is 2.04. The number of nitrogens with one attached hydrogen (secondary N) is 1. The van der Waals surface area contributed by atoms with Gasteiger partial charge >= 0.3 is 0 Å². The van der Waals surface area contributed by atoms with Crippen molar-refractivity contribution in [1.82, 2.24) is 19.4 Å². The predicted octanol–water partition coefficient (Wildman–Crippen LogP) is 5.42. The Hall–Kier alpha value is -4.68. The molecule has 0 unspecified atom stereocenters. The van der Waals surface area contributed by atoms with Gasteiger partial charge in [-0.25, -0.2) is 9.97 Å². The van der Waals surface area contributed by atoms with Gasteiger partial charge in [0, 0.05) is 41.4 Å². The summed E-state index contributed by atoms with van der Waals surface area (Å²) in [6.45, 7) is 4.88. The van der Waals surface area contributed by atoms with Crippen LogP contribution < -0.4 is 10.1 Å². The summed E-state index contributed by atoms with van der Waals surface area (Å²) in [6.07, 6.45) is 2.70. The van der Waals surface area contributed by atoms with Crippen molar-refractivity contribution in [3.05, 3.63) is 83.0 Å². The highest BCUT2D eigenvalue weighted by Crippen LogP contribution is 2.30. The monoisotopic (exact) mass is 534 g/mol. The number of aryl methyl sites for hydroxylation is 2. The molecule has 0 aliphatic carbocycles. The highest BCUT2D eigenvalue weighted by molar-refractivity contribution is 5.87. The number of imidazole rings is 1. The lowest BCUT2D eigenvalue weighted by molar-refractivity contribution is -0.105. The molecule has 0 saturated carbocycles. The molecule has 1 N–H and O–H groups in total. The standard InChI is InChI=1S/C31H30N6O3/c1-20-14-25-22(16-32)6-7-23(31(25)40-20)18-39-30-5-3-4-26(35-30)21-10-12-37(13-11-21)17-29-34-27-15-24(33-19-38)8-9-28(27)36(29)2/h3-9,14-15,19,21H,10-13,17-18H2,1-2H3,(H,33,38). The number of hydrogen-bond donors (Lipinski definition) is 1. The van der Waals surface area contributed by atoms with E-state index in [-0.39, 0.29) is 0 Å². The van der Waals surface area contributed by atoms with Crippen molar-refractivity contribution >= 4 is 34.1 Å². The summed E-state index contributed by atoms with van der Waals surface area (Å²) in [6, 6.07) is 19.6. The zero-order valence-electron chi connectivity index (χ0n) is 22.6. The van der Waals surface area contributed by atoms with Gasteiger partial charge in [0.2, 0.25) is 12.3 Å². The van der Waals surface area contributed by atoms with Crippen LogP contribution in [0, 0.1) is 18.3 Å². The number of carbonyl (C=O) groups is 1. The van der Waals surface area contributed by atoms with Gasteiger partial charge in [-0.05, 0) is 69.3 Å². The Bertz CT molecular complexity index is 1740. The van der Waals surface area contributed by atoms with Crippen LogP contribution in [0.4, 0.5) is 5.69 Å². The molecule has 5 aromatic rings. The van der Waals surface area contributed by atoms with Crippen molar-refractivity contribution in [3.63, 3.8) is 0 Å². The average Bonchev–Trinajstić information content (AvgIpc) is 3.51. The topological polar surface area (TPSA) is 109 Å². The van der Waals surface area contributed by atoms with Gasteiger partial charge in [0.1, 0.15) is 23.8 Å². The second-order valence-electron chi connectivity index (χ2n) is 10.3. The summed E-state index contributed by atoms with van der Waals surface area (Å²) >= 11 is 0. The number of ether oxygens (including phenoxy) is 1. The molecule has 0 atom stereocenters. The Morgan fingerprint density at radius 1 is 1.15 bits per heavy atom. The smallest absolute Gasteiger partial charge is 0.213 e. The summed E-state index contributed by atoms with van der Waals surface area (Å²) in [5.74, 6) is 2.73. The quantitative estimate of drug-likeness (QED) is 0.265. The van der Waals surface area contributed by atoms with E-state index in [2.05, 4.69) is 26.9 Å². The molecule has 9 nitrogen and oxygen atoms in total. The van der Waals surface area contributed by atoms with Gasteiger partial charge in [0.05, 0.1) is 29.2 Å². The van der Waals surface area contributed by atoms with E-state index in [1.165, 1.54) is 0 Å². The number of nitrogens with zero attached hydrogens (tertiary/aromatic N) is 5. The van der Waals surface area contributed by atoms with Crippen LogP contribution in [0.15, 0.2) is 59.0 Å². The maximum absolute atomic E-state index is 10.8. The van der Waals surface area contributed by atoms with E-state index in [0.29, 0.717) is 36.0 Å². The molecule has 0 radical (unpaired) electrons. The van der Waals surface area contributed by atoms with Crippen molar-refractivity contribution in [2.45, 2.75) is 38.8 Å². The maximum atomic E-state index is 10.8. The molecular formula is C31H30N6O3. The fourth-order valence-corrected chi connectivity index (χ4v) is 5.54. The summed E-state index contributed by atoms with van der Waals surface area (Å²) < 4.78 is 14.1. The number of likely N-dealkylation sites (tertiary alicyclic amines) is 1. The molecule has 0 spiro atoms. The van der Waals surface area contributed by atoms with Gasteiger partial charge in [0.25, 0.3) is 0 Å². The van der Waals surface area contributed by atoms with Crippen LogP contribution in [0.2, 0.25) is 0 Å². The number of hydrogen-bond acceptors (Lipinski definition) is 7. The summed E-state index contributed by atoms with van der Waals surface area (Å²) in [5, 5.41) is 12.9. The molecule has 1 aliphatic heterocycles. The fourth-order valence-electron chi connectivity index (χ4n) is 5.54. The van der Waals surface area contributed by atoms with Crippen LogP contribution in [-0.2, 0) is 25.0 Å². The van der Waals surface area contributed by atoms with Gasteiger partial charge in [-0.1, -0.05) is 12.1 Å². The van der Waals surface area contributed by atoms with Gasteiger partial charge < -0.3 is 19.0 Å². The van der Waals surface area contributed by atoms with Crippen molar-refractivity contribution in [2.75, 3.05) is 18.4 Å². The second-order valence-corrected chi connectivity index (χ2v) is 10.3. The Morgan fingerprint density at radius 3 is 2.80 bits per heavy atom.